The summed E-state index contributed by atoms with van der Waals surface area (Å²) < 4.78 is 17.9. The summed E-state index contributed by atoms with van der Waals surface area (Å²) in [6, 6.07) is 15.9. The van der Waals surface area contributed by atoms with Gasteiger partial charge in [-0.15, -0.1) is 0 Å². The van der Waals surface area contributed by atoms with Crippen molar-refractivity contribution in [3.8, 4) is 11.5 Å². The second kappa shape index (κ2) is 12.3. The van der Waals surface area contributed by atoms with Gasteiger partial charge in [0.1, 0.15) is 6.61 Å². The van der Waals surface area contributed by atoms with E-state index in [1.165, 1.54) is 12.8 Å². The van der Waals surface area contributed by atoms with Crippen molar-refractivity contribution in [1.29, 1.82) is 0 Å². The molecule has 1 saturated heterocycles. The number of benzene rings is 2. The standard InChI is InChI=1S/C33H47NO5/c1-23(35)33(5)22-34(31(36)21-38-20-24-10-8-7-9-11-24)19-28(33)25-12-17-29(37-6)30(18-25)39-27-15-13-26(14-16-27)32(2,3)4/h7-12,17-18,23,26-28,35H,13-16,19-22H2,1-6H3. The minimum Gasteiger partial charge on any atom is -0.493 e. The van der Waals surface area contributed by atoms with Crippen molar-refractivity contribution in [1.82, 2.24) is 4.90 Å². The van der Waals surface area contributed by atoms with E-state index in [0.29, 0.717) is 25.1 Å². The third kappa shape index (κ3) is 6.96. The molecule has 39 heavy (non-hydrogen) atoms. The molecule has 4 rings (SSSR count). The van der Waals surface area contributed by atoms with E-state index >= 15 is 0 Å². The number of amides is 1. The molecule has 1 heterocycles. The smallest absolute Gasteiger partial charge is 0.248 e. The Hall–Kier alpha value is -2.57. The second-order valence-corrected chi connectivity index (χ2v) is 12.9. The minimum atomic E-state index is -0.593. The van der Waals surface area contributed by atoms with E-state index in [1.54, 1.807) is 7.11 Å². The average Bonchev–Trinajstić information content (AvgIpc) is 3.28. The molecule has 0 spiro atoms. The lowest BCUT2D eigenvalue weighted by atomic mass is 9.72. The van der Waals surface area contributed by atoms with E-state index in [4.69, 9.17) is 14.2 Å². The van der Waals surface area contributed by atoms with E-state index in [1.807, 2.05) is 54.3 Å². The highest BCUT2D eigenvalue weighted by Gasteiger charge is 2.48. The predicted molar refractivity (Wildman–Crippen MR) is 154 cm³/mol. The lowest BCUT2D eigenvalue weighted by Gasteiger charge is -2.37. The fourth-order valence-electron chi connectivity index (χ4n) is 6.26. The first-order valence-corrected chi connectivity index (χ1v) is 14.4. The molecule has 1 N–H and O–H groups in total. The van der Waals surface area contributed by atoms with Crippen LogP contribution in [0.1, 0.15) is 77.3 Å². The van der Waals surface area contributed by atoms with Gasteiger partial charge in [0.25, 0.3) is 0 Å². The maximum absolute atomic E-state index is 13.1. The van der Waals surface area contributed by atoms with Gasteiger partial charge in [-0.3, -0.25) is 4.79 Å². The van der Waals surface area contributed by atoms with Crippen LogP contribution in [-0.4, -0.2) is 54.9 Å². The van der Waals surface area contributed by atoms with Crippen LogP contribution in [0.15, 0.2) is 48.5 Å². The van der Waals surface area contributed by atoms with E-state index < -0.39 is 11.5 Å². The lowest BCUT2D eigenvalue weighted by Crippen LogP contribution is -2.38. The third-order valence-corrected chi connectivity index (χ3v) is 9.16. The molecule has 6 nitrogen and oxygen atoms in total. The molecule has 1 amide bonds. The summed E-state index contributed by atoms with van der Waals surface area (Å²) in [5.41, 5.74) is 1.92. The number of aliphatic hydroxyl groups excluding tert-OH is 1. The van der Waals surface area contributed by atoms with Gasteiger partial charge in [0.15, 0.2) is 11.5 Å². The highest BCUT2D eigenvalue weighted by Crippen LogP contribution is 2.47. The highest BCUT2D eigenvalue weighted by atomic mass is 16.5. The summed E-state index contributed by atoms with van der Waals surface area (Å²) in [5, 5.41) is 10.9. The van der Waals surface area contributed by atoms with Crippen molar-refractivity contribution >= 4 is 5.91 Å². The van der Waals surface area contributed by atoms with Crippen LogP contribution in [0, 0.1) is 16.7 Å². The average molecular weight is 538 g/mol. The van der Waals surface area contributed by atoms with Crippen LogP contribution < -0.4 is 9.47 Å². The number of rotatable bonds is 9. The van der Waals surface area contributed by atoms with Gasteiger partial charge in [0.2, 0.25) is 5.91 Å². The van der Waals surface area contributed by atoms with Gasteiger partial charge < -0.3 is 24.2 Å². The molecule has 0 bridgehead atoms. The van der Waals surface area contributed by atoms with Crippen LogP contribution in [0.25, 0.3) is 0 Å². The van der Waals surface area contributed by atoms with Crippen LogP contribution in [0.2, 0.25) is 0 Å². The van der Waals surface area contributed by atoms with Crippen molar-refractivity contribution in [3.05, 3.63) is 59.7 Å². The van der Waals surface area contributed by atoms with Gasteiger partial charge in [0.05, 0.1) is 25.9 Å². The molecule has 3 unspecified atom stereocenters. The van der Waals surface area contributed by atoms with Crippen molar-refractivity contribution in [3.63, 3.8) is 0 Å². The molecule has 3 atom stereocenters. The number of nitrogens with zero attached hydrogens (tertiary/aromatic N) is 1. The fraction of sp³-hybridized carbons (Fsp3) is 0.606. The molecule has 0 aromatic heterocycles. The summed E-state index contributed by atoms with van der Waals surface area (Å²) in [4.78, 5) is 15.0. The lowest BCUT2D eigenvalue weighted by molar-refractivity contribution is -0.136. The van der Waals surface area contributed by atoms with E-state index in [0.717, 1.165) is 41.4 Å². The zero-order chi connectivity index (χ0) is 28.2. The third-order valence-electron chi connectivity index (χ3n) is 9.16. The van der Waals surface area contributed by atoms with Crippen molar-refractivity contribution in [2.24, 2.45) is 16.7 Å². The van der Waals surface area contributed by atoms with Crippen LogP contribution >= 0.6 is 0 Å². The Balaban J connectivity index is 1.46. The molecule has 2 aromatic carbocycles. The monoisotopic (exact) mass is 537 g/mol. The number of hydrogen-bond acceptors (Lipinski definition) is 5. The van der Waals surface area contributed by atoms with Crippen LogP contribution in [0.5, 0.6) is 11.5 Å². The van der Waals surface area contributed by atoms with Gasteiger partial charge in [-0.05, 0) is 67.2 Å². The van der Waals surface area contributed by atoms with Gasteiger partial charge >= 0.3 is 0 Å². The molecule has 0 radical (unpaired) electrons. The number of hydrogen-bond donors (Lipinski definition) is 1. The van der Waals surface area contributed by atoms with Crippen LogP contribution in [0.3, 0.4) is 0 Å². The molecule has 214 valence electrons. The zero-order valence-corrected chi connectivity index (χ0v) is 24.6. The molecule has 6 heteroatoms. The molecule has 1 aliphatic heterocycles. The van der Waals surface area contributed by atoms with Gasteiger partial charge in [0, 0.05) is 24.4 Å². The number of aliphatic hydroxyl groups is 1. The summed E-state index contributed by atoms with van der Waals surface area (Å²) in [6.45, 7) is 12.3. The molecule has 2 fully saturated rings. The van der Waals surface area contributed by atoms with Crippen LogP contribution in [-0.2, 0) is 16.1 Å². The maximum atomic E-state index is 13.1. The Morgan fingerprint density at radius 3 is 2.38 bits per heavy atom. The van der Waals surface area contributed by atoms with Crippen molar-refractivity contribution < 1.29 is 24.1 Å². The van der Waals surface area contributed by atoms with Crippen molar-refractivity contribution in [2.45, 2.75) is 85.0 Å². The number of likely N-dealkylation sites (tertiary alicyclic amines) is 1. The van der Waals surface area contributed by atoms with Gasteiger partial charge in [-0.1, -0.05) is 64.1 Å². The minimum absolute atomic E-state index is 0.0196. The Bertz CT molecular complexity index is 1090. The van der Waals surface area contributed by atoms with Crippen molar-refractivity contribution in [2.75, 3.05) is 26.8 Å². The Labute approximate surface area is 234 Å². The SMILES string of the molecule is COc1ccc(C2CN(C(=O)COCc3ccccc3)CC2(C)C(C)O)cc1OC1CCC(C(C)(C)C)CC1. The number of methoxy groups -OCH3 is 1. The van der Waals surface area contributed by atoms with Gasteiger partial charge in [-0.25, -0.2) is 0 Å². The number of ether oxygens (including phenoxy) is 3. The van der Waals surface area contributed by atoms with E-state index in [-0.39, 0.29) is 24.5 Å². The molecule has 2 aliphatic rings. The van der Waals surface area contributed by atoms with Gasteiger partial charge in [-0.2, -0.15) is 0 Å². The highest BCUT2D eigenvalue weighted by molar-refractivity contribution is 5.78. The molecule has 2 aromatic rings. The molecular formula is C33H47NO5. The Kier molecular flexibility index (Phi) is 9.28. The first-order chi connectivity index (χ1) is 18.5. The number of carbonyl (C=O) groups excluding carboxylic acids is 1. The normalized spacial score (nSPS) is 26.3. The number of carbonyl (C=O) groups is 1. The summed E-state index contributed by atoms with van der Waals surface area (Å²) in [5.74, 6) is 2.09. The summed E-state index contributed by atoms with van der Waals surface area (Å²) in [6.07, 6.45) is 3.99. The summed E-state index contributed by atoms with van der Waals surface area (Å²) in [7, 11) is 1.67. The van der Waals surface area contributed by atoms with E-state index in [9.17, 15) is 9.90 Å². The first-order valence-electron chi connectivity index (χ1n) is 14.4. The molecular weight excluding hydrogens is 490 g/mol. The topological polar surface area (TPSA) is 68.2 Å². The first kappa shape index (κ1) is 29.4. The fourth-order valence-corrected chi connectivity index (χ4v) is 6.26. The largest absolute Gasteiger partial charge is 0.493 e. The Morgan fingerprint density at radius 2 is 1.77 bits per heavy atom. The Morgan fingerprint density at radius 1 is 1.08 bits per heavy atom. The quantitative estimate of drug-likeness (QED) is 0.412. The van der Waals surface area contributed by atoms with E-state index in [2.05, 4.69) is 33.8 Å². The molecule has 1 saturated carbocycles. The second-order valence-electron chi connectivity index (χ2n) is 12.9. The zero-order valence-electron chi connectivity index (χ0n) is 24.6. The van der Waals surface area contributed by atoms with Crippen LogP contribution in [0.4, 0.5) is 0 Å². The molecule has 1 aliphatic carbocycles. The summed E-state index contributed by atoms with van der Waals surface area (Å²) >= 11 is 0. The predicted octanol–water partition coefficient (Wildman–Crippen LogP) is 6.21. The maximum Gasteiger partial charge on any atom is 0.248 e.